The van der Waals surface area contributed by atoms with Crippen molar-refractivity contribution in [3.8, 4) is 5.75 Å². The summed E-state index contributed by atoms with van der Waals surface area (Å²) in [6.45, 7) is 1.63. The van der Waals surface area contributed by atoms with Crippen LogP contribution in [0.3, 0.4) is 0 Å². The van der Waals surface area contributed by atoms with Gasteiger partial charge in [-0.3, -0.25) is 0 Å². The average molecular weight is 341 g/mol. The highest BCUT2D eigenvalue weighted by atomic mass is 79.9. The second-order valence-electron chi connectivity index (χ2n) is 4.61. The molecule has 0 aliphatic rings. The Morgan fingerprint density at radius 3 is 2.35 bits per heavy atom. The summed E-state index contributed by atoms with van der Waals surface area (Å²) in [5.74, 6) is -0.253. The van der Waals surface area contributed by atoms with Gasteiger partial charge in [-0.05, 0) is 42.7 Å². The highest BCUT2D eigenvalue weighted by Gasteiger charge is 2.19. The molecule has 20 heavy (non-hydrogen) atoms. The lowest BCUT2D eigenvalue weighted by molar-refractivity contribution is 0.414. The van der Waals surface area contributed by atoms with Crippen molar-refractivity contribution in [3.05, 3.63) is 64.7 Å². The van der Waals surface area contributed by atoms with Gasteiger partial charge in [-0.15, -0.1) is 0 Å². The third-order valence-corrected chi connectivity index (χ3v) is 3.99. The number of aryl methyl sites for hydroxylation is 1. The van der Waals surface area contributed by atoms with Gasteiger partial charge in [-0.25, -0.2) is 8.78 Å². The molecule has 106 valence electrons. The zero-order valence-corrected chi connectivity index (χ0v) is 12.9. The van der Waals surface area contributed by atoms with E-state index in [-0.39, 0.29) is 5.56 Å². The van der Waals surface area contributed by atoms with Crippen LogP contribution >= 0.6 is 15.9 Å². The van der Waals surface area contributed by atoms with Gasteiger partial charge in [0, 0.05) is 10.4 Å². The minimum atomic E-state index is -0.525. The maximum Gasteiger partial charge on any atom is 0.133 e. The lowest BCUT2D eigenvalue weighted by Gasteiger charge is -2.14. The van der Waals surface area contributed by atoms with Crippen LogP contribution in [0.4, 0.5) is 8.78 Å². The minimum Gasteiger partial charge on any atom is -0.497 e. The molecule has 1 unspecified atom stereocenters. The molecule has 0 aliphatic carbocycles. The molecule has 1 nitrogen and oxygen atoms in total. The Hall–Kier alpha value is -1.42. The van der Waals surface area contributed by atoms with Gasteiger partial charge in [0.15, 0.2) is 0 Å². The van der Waals surface area contributed by atoms with Crippen LogP contribution in [0, 0.1) is 18.6 Å². The van der Waals surface area contributed by atoms with Crippen LogP contribution in [0.5, 0.6) is 5.75 Å². The monoisotopic (exact) mass is 340 g/mol. The quantitative estimate of drug-likeness (QED) is 0.714. The Morgan fingerprint density at radius 2 is 1.75 bits per heavy atom. The predicted octanol–water partition coefficient (Wildman–Crippen LogP) is 4.96. The highest BCUT2D eigenvalue weighted by Crippen LogP contribution is 2.32. The summed E-state index contributed by atoms with van der Waals surface area (Å²) in [5.41, 5.74) is 1.51. The Kier molecular flexibility index (Phi) is 4.76. The van der Waals surface area contributed by atoms with Crippen LogP contribution < -0.4 is 4.74 Å². The number of hydrogen-bond donors (Lipinski definition) is 0. The molecular weight excluding hydrogens is 326 g/mol. The van der Waals surface area contributed by atoms with Gasteiger partial charge in [-0.2, -0.15) is 0 Å². The molecule has 4 heteroatoms. The van der Waals surface area contributed by atoms with E-state index in [1.54, 1.807) is 14.0 Å². The predicted molar refractivity (Wildman–Crippen MR) is 79.5 cm³/mol. The normalized spacial score (nSPS) is 12.2. The van der Waals surface area contributed by atoms with E-state index in [9.17, 15) is 8.78 Å². The first kappa shape index (κ1) is 15.0. The molecule has 0 radical (unpaired) electrons. The van der Waals surface area contributed by atoms with Crippen molar-refractivity contribution in [3.63, 3.8) is 0 Å². The first-order chi connectivity index (χ1) is 9.52. The molecule has 2 rings (SSSR count). The summed E-state index contributed by atoms with van der Waals surface area (Å²) in [6, 6.07) is 10.2. The summed E-state index contributed by atoms with van der Waals surface area (Å²) < 4.78 is 32.9. The van der Waals surface area contributed by atoms with E-state index in [2.05, 4.69) is 15.9 Å². The van der Waals surface area contributed by atoms with E-state index in [0.717, 1.165) is 11.3 Å². The molecule has 0 saturated heterocycles. The van der Waals surface area contributed by atoms with Crippen LogP contribution in [-0.4, -0.2) is 7.11 Å². The van der Waals surface area contributed by atoms with Crippen molar-refractivity contribution in [2.75, 3.05) is 7.11 Å². The number of methoxy groups -OCH3 is 1. The SMILES string of the molecule is COc1ccc(CC(Br)c2c(F)ccc(C)c2F)cc1. The first-order valence-electron chi connectivity index (χ1n) is 6.24. The molecule has 0 fully saturated rings. The highest BCUT2D eigenvalue weighted by molar-refractivity contribution is 9.09. The van der Waals surface area contributed by atoms with Gasteiger partial charge in [-0.1, -0.05) is 34.1 Å². The van der Waals surface area contributed by atoms with E-state index >= 15 is 0 Å². The minimum absolute atomic E-state index is 0.0841. The fourth-order valence-corrected chi connectivity index (χ4v) is 2.83. The van der Waals surface area contributed by atoms with Crippen molar-refractivity contribution >= 4 is 15.9 Å². The van der Waals surface area contributed by atoms with E-state index in [4.69, 9.17) is 4.74 Å². The van der Waals surface area contributed by atoms with E-state index in [0.29, 0.717) is 12.0 Å². The maximum atomic E-state index is 14.0. The van der Waals surface area contributed by atoms with Gasteiger partial charge in [0.05, 0.1) is 7.11 Å². The van der Waals surface area contributed by atoms with Crippen molar-refractivity contribution < 1.29 is 13.5 Å². The number of benzene rings is 2. The fraction of sp³-hybridized carbons (Fsp3) is 0.250. The van der Waals surface area contributed by atoms with Crippen LogP contribution in [0.1, 0.15) is 21.5 Å². The second kappa shape index (κ2) is 6.35. The lowest BCUT2D eigenvalue weighted by Crippen LogP contribution is -2.04. The first-order valence-corrected chi connectivity index (χ1v) is 7.16. The van der Waals surface area contributed by atoms with Gasteiger partial charge in [0.1, 0.15) is 17.4 Å². The zero-order valence-electron chi connectivity index (χ0n) is 11.3. The Balaban J connectivity index is 2.23. The molecule has 0 bridgehead atoms. The Morgan fingerprint density at radius 1 is 1.10 bits per heavy atom. The van der Waals surface area contributed by atoms with Gasteiger partial charge in [0.2, 0.25) is 0 Å². The molecular formula is C16H15BrF2O. The van der Waals surface area contributed by atoms with Crippen molar-refractivity contribution in [1.82, 2.24) is 0 Å². The molecule has 0 heterocycles. The zero-order chi connectivity index (χ0) is 14.7. The van der Waals surface area contributed by atoms with Crippen LogP contribution in [0.2, 0.25) is 0 Å². The standard InChI is InChI=1S/C16H15BrF2O/c1-10-3-8-14(18)15(16(10)19)13(17)9-11-4-6-12(20-2)7-5-11/h3-8,13H,9H2,1-2H3. The lowest BCUT2D eigenvalue weighted by atomic mass is 10.0. The molecule has 0 aromatic heterocycles. The van der Waals surface area contributed by atoms with E-state index in [1.165, 1.54) is 12.1 Å². The van der Waals surface area contributed by atoms with E-state index in [1.807, 2.05) is 24.3 Å². The van der Waals surface area contributed by atoms with E-state index < -0.39 is 16.5 Å². The van der Waals surface area contributed by atoms with Crippen molar-refractivity contribution in [2.45, 2.75) is 18.2 Å². The number of hydrogen-bond acceptors (Lipinski definition) is 1. The third-order valence-electron chi connectivity index (χ3n) is 3.21. The van der Waals surface area contributed by atoms with Gasteiger partial charge < -0.3 is 4.74 Å². The van der Waals surface area contributed by atoms with Crippen LogP contribution in [0.15, 0.2) is 36.4 Å². The topological polar surface area (TPSA) is 9.23 Å². The van der Waals surface area contributed by atoms with Crippen molar-refractivity contribution in [1.29, 1.82) is 0 Å². The fourth-order valence-electron chi connectivity index (χ4n) is 2.04. The molecule has 2 aromatic carbocycles. The summed E-state index contributed by atoms with van der Waals surface area (Å²) in [5, 5.41) is 0. The summed E-state index contributed by atoms with van der Waals surface area (Å²) in [4.78, 5) is -0.407. The van der Waals surface area contributed by atoms with Gasteiger partial charge in [0.25, 0.3) is 0 Å². The average Bonchev–Trinajstić information content (AvgIpc) is 2.44. The second-order valence-corrected chi connectivity index (χ2v) is 5.72. The summed E-state index contributed by atoms with van der Waals surface area (Å²) in [7, 11) is 1.60. The third kappa shape index (κ3) is 3.18. The number of rotatable bonds is 4. The van der Waals surface area contributed by atoms with Gasteiger partial charge >= 0.3 is 0 Å². The summed E-state index contributed by atoms with van der Waals surface area (Å²) >= 11 is 3.38. The largest absolute Gasteiger partial charge is 0.497 e. The number of alkyl halides is 1. The molecule has 2 aromatic rings. The van der Waals surface area contributed by atoms with Crippen molar-refractivity contribution in [2.24, 2.45) is 0 Å². The maximum absolute atomic E-state index is 14.0. The molecule has 0 amide bonds. The Bertz CT molecular complexity index is 596. The molecule has 1 atom stereocenters. The molecule has 0 spiro atoms. The van der Waals surface area contributed by atoms with Crippen LogP contribution in [0.25, 0.3) is 0 Å². The molecule has 0 saturated carbocycles. The van der Waals surface area contributed by atoms with Crippen LogP contribution in [-0.2, 0) is 6.42 Å². The summed E-state index contributed by atoms with van der Waals surface area (Å²) in [6.07, 6.45) is 0.501. The smallest absolute Gasteiger partial charge is 0.133 e. The molecule has 0 aliphatic heterocycles. The number of halogens is 3. The number of ether oxygens (including phenoxy) is 1. The Labute approximate surface area is 125 Å². The molecule has 0 N–H and O–H groups in total.